The molecule has 0 bridgehead atoms. The Labute approximate surface area is 105 Å². The minimum Gasteiger partial charge on any atom is -0.481 e. The molecule has 1 fully saturated rings. The summed E-state index contributed by atoms with van der Waals surface area (Å²) in [5.41, 5.74) is 0. The first-order valence-corrected chi connectivity index (χ1v) is 7.01. The third kappa shape index (κ3) is 6.06. The average molecular weight is 241 g/mol. The summed E-state index contributed by atoms with van der Waals surface area (Å²) in [7, 11) is 2.22. The van der Waals surface area contributed by atoms with E-state index in [1.54, 1.807) is 0 Å². The fraction of sp³-hybridized carbons (Fsp3) is 0.929. The maximum atomic E-state index is 10.4. The lowest BCUT2D eigenvalue weighted by Crippen LogP contribution is -2.36. The van der Waals surface area contributed by atoms with Crippen LogP contribution in [0.2, 0.25) is 0 Å². The molecule has 0 amide bonds. The number of hydrogen-bond donors (Lipinski definition) is 1. The van der Waals surface area contributed by atoms with Crippen molar-refractivity contribution in [3.63, 3.8) is 0 Å². The van der Waals surface area contributed by atoms with Crippen molar-refractivity contribution >= 4 is 5.97 Å². The number of unbranched alkanes of at least 4 members (excludes halogenated alkanes) is 2. The summed E-state index contributed by atoms with van der Waals surface area (Å²) >= 11 is 0. The Morgan fingerprint density at radius 3 is 2.71 bits per heavy atom. The van der Waals surface area contributed by atoms with E-state index in [1.807, 2.05) is 0 Å². The number of nitrogens with zero attached hydrogens (tertiary/aromatic N) is 1. The van der Waals surface area contributed by atoms with Gasteiger partial charge in [-0.2, -0.15) is 0 Å². The molecule has 2 unspecified atom stereocenters. The Hall–Kier alpha value is -0.570. The summed E-state index contributed by atoms with van der Waals surface area (Å²) in [5.74, 6) is 0.211. The van der Waals surface area contributed by atoms with Gasteiger partial charge in [0.15, 0.2) is 0 Å². The van der Waals surface area contributed by atoms with E-state index in [1.165, 1.54) is 25.7 Å². The van der Waals surface area contributed by atoms with Crippen LogP contribution in [0, 0.1) is 5.92 Å². The quantitative estimate of drug-likeness (QED) is 0.696. The van der Waals surface area contributed by atoms with Crippen LogP contribution < -0.4 is 0 Å². The first-order chi connectivity index (χ1) is 8.09. The largest absolute Gasteiger partial charge is 0.481 e. The van der Waals surface area contributed by atoms with Gasteiger partial charge >= 0.3 is 5.97 Å². The van der Waals surface area contributed by atoms with E-state index in [9.17, 15) is 4.79 Å². The standard InChI is InChI=1S/C14H27NO2/c1-12-7-6-8-13(11-12)15(2)10-5-3-4-9-14(16)17/h12-13H,3-11H2,1-2H3,(H,16,17). The molecular weight excluding hydrogens is 214 g/mol. The zero-order valence-electron chi connectivity index (χ0n) is 11.3. The first kappa shape index (κ1) is 14.5. The first-order valence-electron chi connectivity index (χ1n) is 7.01. The van der Waals surface area contributed by atoms with Gasteiger partial charge in [0.25, 0.3) is 0 Å². The van der Waals surface area contributed by atoms with Crippen molar-refractivity contribution in [2.75, 3.05) is 13.6 Å². The zero-order valence-corrected chi connectivity index (χ0v) is 11.3. The lowest BCUT2D eigenvalue weighted by atomic mass is 9.86. The Morgan fingerprint density at radius 2 is 2.06 bits per heavy atom. The van der Waals surface area contributed by atoms with Crippen LogP contribution in [-0.4, -0.2) is 35.6 Å². The summed E-state index contributed by atoms with van der Waals surface area (Å²) in [6.45, 7) is 3.48. The zero-order chi connectivity index (χ0) is 12.7. The molecule has 0 radical (unpaired) electrons. The summed E-state index contributed by atoms with van der Waals surface area (Å²) in [4.78, 5) is 12.9. The van der Waals surface area contributed by atoms with E-state index in [-0.39, 0.29) is 0 Å². The Balaban J connectivity index is 2.07. The van der Waals surface area contributed by atoms with Gasteiger partial charge < -0.3 is 10.0 Å². The van der Waals surface area contributed by atoms with Crippen LogP contribution in [0.4, 0.5) is 0 Å². The fourth-order valence-corrected chi connectivity index (χ4v) is 2.80. The number of carbonyl (C=O) groups is 1. The molecule has 0 aromatic heterocycles. The van der Waals surface area contributed by atoms with Crippen LogP contribution >= 0.6 is 0 Å². The van der Waals surface area contributed by atoms with Crippen molar-refractivity contribution in [2.45, 2.75) is 64.3 Å². The van der Waals surface area contributed by atoms with Crippen LogP contribution in [0.3, 0.4) is 0 Å². The molecule has 1 rings (SSSR count). The minimum absolute atomic E-state index is 0.324. The van der Waals surface area contributed by atoms with Crippen LogP contribution in [0.5, 0.6) is 0 Å². The van der Waals surface area contributed by atoms with Crippen molar-refractivity contribution < 1.29 is 9.90 Å². The molecule has 100 valence electrons. The molecule has 1 saturated carbocycles. The highest BCUT2D eigenvalue weighted by atomic mass is 16.4. The smallest absolute Gasteiger partial charge is 0.303 e. The Bertz CT molecular complexity index is 230. The molecule has 3 nitrogen and oxygen atoms in total. The lowest BCUT2D eigenvalue weighted by molar-refractivity contribution is -0.137. The number of carboxylic acid groups (broad SMARTS) is 1. The van der Waals surface area contributed by atoms with Crippen molar-refractivity contribution in [3.05, 3.63) is 0 Å². The highest BCUT2D eigenvalue weighted by Gasteiger charge is 2.21. The van der Waals surface area contributed by atoms with Crippen LogP contribution in [0.1, 0.15) is 58.3 Å². The van der Waals surface area contributed by atoms with Gasteiger partial charge in [-0.25, -0.2) is 0 Å². The van der Waals surface area contributed by atoms with E-state index in [0.717, 1.165) is 37.8 Å². The van der Waals surface area contributed by atoms with E-state index >= 15 is 0 Å². The SMILES string of the molecule is CC1CCCC(N(C)CCCCCC(=O)O)C1. The van der Waals surface area contributed by atoms with E-state index in [4.69, 9.17) is 5.11 Å². The molecule has 1 aliphatic carbocycles. The number of hydrogen-bond acceptors (Lipinski definition) is 2. The summed E-state index contributed by atoms with van der Waals surface area (Å²) < 4.78 is 0. The summed E-state index contributed by atoms with van der Waals surface area (Å²) in [6, 6.07) is 0.762. The van der Waals surface area contributed by atoms with E-state index in [0.29, 0.717) is 6.42 Å². The second kappa shape index (κ2) is 7.70. The van der Waals surface area contributed by atoms with Gasteiger partial charge in [-0.1, -0.05) is 26.2 Å². The molecule has 1 N–H and O–H groups in total. The molecule has 1 aliphatic rings. The molecular formula is C14H27NO2. The van der Waals surface area contributed by atoms with E-state index < -0.39 is 5.97 Å². The van der Waals surface area contributed by atoms with Crippen molar-refractivity contribution in [1.82, 2.24) is 4.90 Å². The lowest BCUT2D eigenvalue weighted by Gasteiger charge is -2.34. The van der Waals surface area contributed by atoms with Crippen LogP contribution in [-0.2, 0) is 4.79 Å². The van der Waals surface area contributed by atoms with E-state index in [2.05, 4.69) is 18.9 Å². The molecule has 0 heterocycles. The number of aliphatic carboxylic acids is 1. The predicted molar refractivity (Wildman–Crippen MR) is 70.2 cm³/mol. The molecule has 0 aliphatic heterocycles. The molecule has 0 saturated heterocycles. The monoisotopic (exact) mass is 241 g/mol. The normalized spacial score (nSPS) is 25.1. The van der Waals surface area contributed by atoms with Gasteiger partial charge in [0.2, 0.25) is 0 Å². The van der Waals surface area contributed by atoms with Crippen molar-refractivity contribution in [2.24, 2.45) is 5.92 Å². The average Bonchev–Trinajstić information content (AvgIpc) is 2.28. The molecule has 0 aromatic carbocycles. The highest BCUT2D eigenvalue weighted by molar-refractivity contribution is 5.66. The van der Waals surface area contributed by atoms with Crippen molar-refractivity contribution in [3.8, 4) is 0 Å². The third-order valence-electron chi connectivity index (χ3n) is 3.93. The molecule has 0 spiro atoms. The predicted octanol–water partition coefficient (Wildman–Crippen LogP) is 3.14. The fourth-order valence-electron chi connectivity index (χ4n) is 2.80. The van der Waals surface area contributed by atoms with Gasteiger partial charge in [0.05, 0.1) is 0 Å². The Kier molecular flexibility index (Phi) is 6.56. The second-order valence-corrected chi connectivity index (χ2v) is 5.61. The van der Waals surface area contributed by atoms with Gasteiger partial charge in [-0.3, -0.25) is 4.79 Å². The van der Waals surface area contributed by atoms with Gasteiger partial charge in [0.1, 0.15) is 0 Å². The van der Waals surface area contributed by atoms with Crippen molar-refractivity contribution in [1.29, 1.82) is 0 Å². The van der Waals surface area contributed by atoms with Gasteiger partial charge in [-0.15, -0.1) is 0 Å². The molecule has 2 atom stereocenters. The maximum Gasteiger partial charge on any atom is 0.303 e. The number of carboxylic acids is 1. The molecule has 3 heteroatoms. The van der Waals surface area contributed by atoms with Gasteiger partial charge in [-0.05, 0) is 45.2 Å². The number of rotatable bonds is 7. The highest BCUT2D eigenvalue weighted by Crippen LogP contribution is 2.26. The minimum atomic E-state index is -0.667. The maximum absolute atomic E-state index is 10.4. The van der Waals surface area contributed by atoms with Crippen LogP contribution in [0.25, 0.3) is 0 Å². The Morgan fingerprint density at radius 1 is 1.29 bits per heavy atom. The molecule has 17 heavy (non-hydrogen) atoms. The second-order valence-electron chi connectivity index (χ2n) is 5.61. The van der Waals surface area contributed by atoms with Crippen LogP contribution in [0.15, 0.2) is 0 Å². The summed E-state index contributed by atoms with van der Waals surface area (Å²) in [6.07, 6.45) is 8.77. The third-order valence-corrected chi connectivity index (χ3v) is 3.93. The molecule has 0 aromatic rings. The topological polar surface area (TPSA) is 40.5 Å². The summed E-state index contributed by atoms with van der Waals surface area (Å²) in [5, 5.41) is 8.54. The van der Waals surface area contributed by atoms with Gasteiger partial charge in [0, 0.05) is 12.5 Å².